The standard InChI is InChI=1S/C20H22N4O/c25-16-17-5-4-8-19(15-17)22-11-13-23(14-12-22)24-10-9-21-20(24)18-6-2-1-3-7-18/h1-10,15,25H,11-14,16H2. The zero-order chi connectivity index (χ0) is 17.1. The third kappa shape index (κ3) is 3.23. The van der Waals surface area contributed by atoms with Gasteiger partial charge in [0.25, 0.3) is 0 Å². The summed E-state index contributed by atoms with van der Waals surface area (Å²) in [6, 6.07) is 18.4. The molecule has 5 nitrogen and oxygen atoms in total. The van der Waals surface area contributed by atoms with E-state index in [0.29, 0.717) is 0 Å². The molecular weight excluding hydrogens is 312 g/mol. The van der Waals surface area contributed by atoms with Crippen LogP contribution in [0, 0.1) is 0 Å². The average Bonchev–Trinajstić information content (AvgIpc) is 3.19. The van der Waals surface area contributed by atoms with Gasteiger partial charge in [-0.1, -0.05) is 42.5 Å². The van der Waals surface area contributed by atoms with E-state index in [1.807, 2.05) is 42.7 Å². The molecule has 0 radical (unpaired) electrons. The monoisotopic (exact) mass is 334 g/mol. The second-order valence-electron chi connectivity index (χ2n) is 6.23. The molecule has 0 amide bonds. The Balaban J connectivity index is 1.49. The van der Waals surface area contributed by atoms with Crippen LogP contribution in [0.15, 0.2) is 67.0 Å². The summed E-state index contributed by atoms with van der Waals surface area (Å²) in [5.41, 5.74) is 3.27. The van der Waals surface area contributed by atoms with Gasteiger partial charge >= 0.3 is 0 Å². The SMILES string of the molecule is OCc1cccc(N2CCN(n3ccnc3-c3ccccc3)CC2)c1. The Morgan fingerprint density at radius 1 is 0.920 bits per heavy atom. The van der Waals surface area contributed by atoms with Crippen LogP contribution in [0.2, 0.25) is 0 Å². The lowest BCUT2D eigenvalue weighted by molar-refractivity contribution is 0.282. The van der Waals surface area contributed by atoms with Gasteiger partial charge in [0.05, 0.1) is 19.7 Å². The minimum atomic E-state index is 0.0866. The highest BCUT2D eigenvalue weighted by Crippen LogP contribution is 2.21. The number of hydrogen-bond acceptors (Lipinski definition) is 4. The molecule has 0 aliphatic carbocycles. The molecule has 0 spiro atoms. The average molecular weight is 334 g/mol. The molecular formula is C20H22N4O. The normalized spacial score (nSPS) is 14.8. The number of aromatic nitrogens is 2. The highest BCUT2D eigenvalue weighted by atomic mass is 16.3. The van der Waals surface area contributed by atoms with E-state index >= 15 is 0 Å². The molecule has 1 aromatic heterocycles. The molecule has 0 saturated carbocycles. The summed E-state index contributed by atoms with van der Waals surface area (Å²) < 4.78 is 2.16. The number of hydrogen-bond donors (Lipinski definition) is 1. The van der Waals surface area contributed by atoms with Crippen molar-refractivity contribution in [3.05, 3.63) is 72.6 Å². The van der Waals surface area contributed by atoms with Gasteiger partial charge in [0.1, 0.15) is 0 Å². The maximum absolute atomic E-state index is 9.33. The van der Waals surface area contributed by atoms with Gasteiger partial charge in [-0.2, -0.15) is 0 Å². The van der Waals surface area contributed by atoms with Gasteiger partial charge in [-0.25, -0.2) is 9.66 Å². The topological polar surface area (TPSA) is 44.5 Å². The van der Waals surface area contributed by atoms with Crippen molar-refractivity contribution >= 4 is 5.69 Å². The number of nitrogens with zero attached hydrogens (tertiary/aromatic N) is 4. The maximum Gasteiger partial charge on any atom is 0.158 e. The second-order valence-corrected chi connectivity index (χ2v) is 6.23. The van der Waals surface area contributed by atoms with Crippen LogP contribution >= 0.6 is 0 Å². The van der Waals surface area contributed by atoms with Crippen molar-refractivity contribution < 1.29 is 5.11 Å². The fraction of sp³-hybridized carbons (Fsp3) is 0.250. The summed E-state index contributed by atoms with van der Waals surface area (Å²) in [6.45, 7) is 3.84. The molecule has 0 atom stereocenters. The first kappa shape index (κ1) is 15.7. The number of benzene rings is 2. The summed E-state index contributed by atoms with van der Waals surface area (Å²) >= 11 is 0. The fourth-order valence-electron chi connectivity index (χ4n) is 3.34. The van der Waals surface area contributed by atoms with E-state index in [0.717, 1.165) is 43.1 Å². The molecule has 5 heteroatoms. The molecule has 2 aromatic carbocycles. The largest absolute Gasteiger partial charge is 0.392 e. The lowest BCUT2D eigenvalue weighted by Gasteiger charge is -2.38. The van der Waals surface area contributed by atoms with E-state index in [9.17, 15) is 5.11 Å². The van der Waals surface area contributed by atoms with Crippen LogP contribution in [-0.4, -0.2) is 40.9 Å². The minimum Gasteiger partial charge on any atom is -0.392 e. The van der Waals surface area contributed by atoms with E-state index in [2.05, 4.69) is 43.8 Å². The first-order valence-corrected chi connectivity index (χ1v) is 8.64. The molecule has 1 saturated heterocycles. The molecule has 1 N–H and O–H groups in total. The summed E-state index contributed by atoms with van der Waals surface area (Å²) in [4.78, 5) is 6.91. The van der Waals surface area contributed by atoms with Gasteiger partial charge in [0.2, 0.25) is 0 Å². The maximum atomic E-state index is 9.33. The zero-order valence-electron chi connectivity index (χ0n) is 14.1. The number of aliphatic hydroxyl groups is 1. The van der Waals surface area contributed by atoms with Crippen LogP contribution in [0.4, 0.5) is 5.69 Å². The van der Waals surface area contributed by atoms with Crippen LogP contribution in [0.3, 0.4) is 0 Å². The predicted molar refractivity (Wildman–Crippen MR) is 100 cm³/mol. The number of anilines is 1. The first-order valence-electron chi connectivity index (χ1n) is 8.64. The van der Waals surface area contributed by atoms with Crippen LogP contribution in [0.5, 0.6) is 0 Å². The lowest BCUT2D eigenvalue weighted by atomic mass is 10.2. The van der Waals surface area contributed by atoms with Gasteiger partial charge in [-0.15, -0.1) is 0 Å². The Kier molecular flexibility index (Phi) is 4.39. The quantitative estimate of drug-likeness (QED) is 0.796. The Morgan fingerprint density at radius 3 is 2.48 bits per heavy atom. The Hall–Kier alpha value is -2.79. The smallest absolute Gasteiger partial charge is 0.158 e. The van der Waals surface area contributed by atoms with Gasteiger partial charge in [-0.3, -0.25) is 0 Å². The Labute approximate surface area is 147 Å². The third-order valence-corrected chi connectivity index (χ3v) is 4.67. The Morgan fingerprint density at radius 2 is 1.72 bits per heavy atom. The van der Waals surface area contributed by atoms with Gasteiger partial charge in [0.15, 0.2) is 5.82 Å². The third-order valence-electron chi connectivity index (χ3n) is 4.67. The molecule has 4 rings (SSSR count). The molecule has 1 fully saturated rings. The molecule has 2 heterocycles. The lowest BCUT2D eigenvalue weighted by Crippen LogP contribution is -2.51. The zero-order valence-corrected chi connectivity index (χ0v) is 14.1. The van der Waals surface area contributed by atoms with E-state index < -0.39 is 0 Å². The highest BCUT2D eigenvalue weighted by molar-refractivity contribution is 5.56. The molecule has 128 valence electrons. The molecule has 1 aliphatic rings. The number of piperazine rings is 1. The molecule has 1 aliphatic heterocycles. The van der Waals surface area contributed by atoms with E-state index in [1.54, 1.807) is 0 Å². The van der Waals surface area contributed by atoms with Crippen molar-refractivity contribution in [3.63, 3.8) is 0 Å². The van der Waals surface area contributed by atoms with E-state index in [-0.39, 0.29) is 6.61 Å². The van der Waals surface area contributed by atoms with Crippen molar-refractivity contribution in [2.45, 2.75) is 6.61 Å². The van der Waals surface area contributed by atoms with Crippen LogP contribution < -0.4 is 9.91 Å². The minimum absolute atomic E-state index is 0.0866. The summed E-state index contributed by atoms with van der Waals surface area (Å²) in [5.74, 6) is 0.983. The van der Waals surface area contributed by atoms with Gasteiger partial charge in [-0.05, 0) is 17.7 Å². The summed E-state index contributed by atoms with van der Waals surface area (Å²) in [7, 11) is 0. The predicted octanol–water partition coefficient (Wildman–Crippen LogP) is 2.50. The summed E-state index contributed by atoms with van der Waals surface area (Å²) in [5, 5.41) is 11.7. The second kappa shape index (κ2) is 6.99. The summed E-state index contributed by atoms with van der Waals surface area (Å²) in [6.07, 6.45) is 3.89. The van der Waals surface area contributed by atoms with Crippen LogP contribution in [0.25, 0.3) is 11.4 Å². The van der Waals surface area contributed by atoms with Crippen molar-refractivity contribution in [3.8, 4) is 11.4 Å². The van der Waals surface area contributed by atoms with Crippen molar-refractivity contribution in [2.75, 3.05) is 36.1 Å². The highest BCUT2D eigenvalue weighted by Gasteiger charge is 2.19. The fourth-order valence-corrected chi connectivity index (χ4v) is 3.34. The Bertz CT molecular complexity index is 822. The van der Waals surface area contributed by atoms with Crippen molar-refractivity contribution in [1.29, 1.82) is 0 Å². The van der Waals surface area contributed by atoms with Crippen molar-refractivity contribution in [1.82, 2.24) is 9.66 Å². The van der Waals surface area contributed by atoms with E-state index in [4.69, 9.17) is 0 Å². The van der Waals surface area contributed by atoms with Gasteiger partial charge in [0, 0.05) is 36.7 Å². The molecule has 3 aromatic rings. The van der Waals surface area contributed by atoms with Crippen LogP contribution in [0.1, 0.15) is 5.56 Å². The molecule has 25 heavy (non-hydrogen) atoms. The number of rotatable bonds is 4. The molecule has 0 unspecified atom stereocenters. The van der Waals surface area contributed by atoms with E-state index in [1.165, 1.54) is 5.69 Å². The first-order chi connectivity index (χ1) is 12.3. The van der Waals surface area contributed by atoms with Crippen molar-refractivity contribution in [2.24, 2.45) is 0 Å². The number of aliphatic hydroxyl groups excluding tert-OH is 1. The number of imidazole rings is 1. The van der Waals surface area contributed by atoms with Gasteiger partial charge < -0.3 is 15.0 Å². The van der Waals surface area contributed by atoms with Crippen LogP contribution in [-0.2, 0) is 6.61 Å². The molecule has 0 bridgehead atoms.